The van der Waals surface area contributed by atoms with Crippen LogP contribution in [0.2, 0.25) is 0 Å². The molecule has 1 N–H and O–H groups in total. The molecular weight excluding hydrogens is 204 g/mol. The van der Waals surface area contributed by atoms with Crippen molar-refractivity contribution < 1.29 is 0 Å². The quantitative estimate of drug-likeness (QED) is 0.703. The topological polar surface area (TPSA) is 15.3 Å². The summed E-state index contributed by atoms with van der Waals surface area (Å²) in [5.41, 5.74) is 0. The minimum absolute atomic E-state index is 0.705. The molecule has 2 nitrogen and oxygen atoms in total. The number of nitrogens with zero attached hydrogens (tertiary/aromatic N) is 1. The van der Waals surface area contributed by atoms with Crippen LogP contribution in [0.3, 0.4) is 0 Å². The third-order valence-corrected chi connectivity index (χ3v) is 4.17. The standard InChI is InChI=1S/C12H26N2S/c1-4-14-8-5-12(6-9-14)11(2)13-7-10-15-3/h11-13H,4-10H2,1-3H3. The summed E-state index contributed by atoms with van der Waals surface area (Å²) in [6, 6.07) is 0.705. The van der Waals surface area contributed by atoms with E-state index in [1.54, 1.807) is 0 Å². The zero-order valence-electron chi connectivity index (χ0n) is 10.5. The highest BCUT2D eigenvalue weighted by molar-refractivity contribution is 7.98. The van der Waals surface area contributed by atoms with Gasteiger partial charge in [-0.05, 0) is 51.6 Å². The fourth-order valence-electron chi connectivity index (χ4n) is 2.32. The lowest BCUT2D eigenvalue weighted by atomic mass is 9.90. The Hall–Kier alpha value is 0.270. The first-order chi connectivity index (χ1) is 7.27. The van der Waals surface area contributed by atoms with Crippen LogP contribution in [-0.4, -0.2) is 49.1 Å². The van der Waals surface area contributed by atoms with Crippen molar-refractivity contribution in [1.29, 1.82) is 0 Å². The molecule has 0 radical (unpaired) electrons. The lowest BCUT2D eigenvalue weighted by molar-refractivity contribution is 0.170. The minimum atomic E-state index is 0.705. The molecule has 90 valence electrons. The molecule has 3 heteroatoms. The Balaban J connectivity index is 2.15. The summed E-state index contributed by atoms with van der Waals surface area (Å²) in [6.45, 7) is 9.61. The second kappa shape index (κ2) is 7.53. The van der Waals surface area contributed by atoms with Gasteiger partial charge >= 0.3 is 0 Å². The summed E-state index contributed by atoms with van der Waals surface area (Å²) in [7, 11) is 0. The molecule has 15 heavy (non-hydrogen) atoms. The van der Waals surface area contributed by atoms with Crippen molar-refractivity contribution in [2.24, 2.45) is 5.92 Å². The van der Waals surface area contributed by atoms with E-state index in [2.05, 4.69) is 30.3 Å². The summed E-state index contributed by atoms with van der Waals surface area (Å²) in [4.78, 5) is 2.56. The van der Waals surface area contributed by atoms with Crippen molar-refractivity contribution in [2.45, 2.75) is 32.7 Å². The molecule has 0 spiro atoms. The largest absolute Gasteiger partial charge is 0.313 e. The molecule has 1 rings (SSSR count). The van der Waals surface area contributed by atoms with E-state index in [0.717, 1.165) is 12.5 Å². The molecule has 1 saturated heterocycles. The maximum atomic E-state index is 3.65. The fourth-order valence-corrected chi connectivity index (χ4v) is 2.65. The van der Waals surface area contributed by atoms with Crippen LogP contribution < -0.4 is 5.32 Å². The zero-order chi connectivity index (χ0) is 11.1. The number of rotatable bonds is 6. The summed E-state index contributed by atoms with van der Waals surface area (Å²) in [5, 5.41) is 3.65. The normalized spacial score (nSPS) is 21.8. The molecule has 0 saturated carbocycles. The Morgan fingerprint density at radius 1 is 1.40 bits per heavy atom. The molecule has 0 aromatic rings. The van der Waals surface area contributed by atoms with Gasteiger partial charge in [-0.1, -0.05) is 6.92 Å². The molecule has 1 aliphatic rings. The highest BCUT2D eigenvalue weighted by Gasteiger charge is 2.22. The van der Waals surface area contributed by atoms with Crippen molar-refractivity contribution >= 4 is 11.8 Å². The molecule has 1 fully saturated rings. The van der Waals surface area contributed by atoms with E-state index in [0.29, 0.717) is 6.04 Å². The van der Waals surface area contributed by atoms with Crippen LogP contribution in [0.1, 0.15) is 26.7 Å². The monoisotopic (exact) mass is 230 g/mol. The van der Waals surface area contributed by atoms with Gasteiger partial charge in [0.05, 0.1) is 0 Å². The number of piperidine rings is 1. The second-order valence-corrected chi connectivity index (χ2v) is 5.49. The van der Waals surface area contributed by atoms with Gasteiger partial charge in [-0.15, -0.1) is 0 Å². The van der Waals surface area contributed by atoms with Gasteiger partial charge < -0.3 is 10.2 Å². The van der Waals surface area contributed by atoms with E-state index in [9.17, 15) is 0 Å². The van der Waals surface area contributed by atoms with Crippen molar-refractivity contribution in [3.63, 3.8) is 0 Å². The number of hydrogen-bond acceptors (Lipinski definition) is 3. The van der Waals surface area contributed by atoms with Crippen LogP contribution in [-0.2, 0) is 0 Å². The van der Waals surface area contributed by atoms with Crippen LogP contribution in [0, 0.1) is 5.92 Å². The van der Waals surface area contributed by atoms with Gasteiger partial charge in [-0.2, -0.15) is 11.8 Å². The van der Waals surface area contributed by atoms with Crippen LogP contribution in [0.5, 0.6) is 0 Å². The van der Waals surface area contributed by atoms with Crippen LogP contribution >= 0.6 is 11.8 Å². The Kier molecular flexibility index (Phi) is 6.69. The van der Waals surface area contributed by atoms with Gasteiger partial charge in [0.15, 0.2) is 0 Å². The van der Waals surface area contributed by atoms with E-state index in [4.69, 9.17) is 0 Å². The van der Waals surface area contributed by atoms with Gasteiger partial charge in [0.25, 0.3) is 0 Å². The summed E-state index contributed by atoms with van der Waals surface area (Å²) < 4.78 is 0. The first kappa shape index (κ1) is 13.3. The molecule has 0 aromatic heterocycles. The average Bonchev–Trinajstić information content (AvgIpc) is 2.29. The summed E-state index contributed by atoms with van der Waals surface area (Å²) in [5.74, 6) is 2.13. The maximum Gasteiger partial charge on any atom is 0.00682 e. The van der Waals surface area contributed by atoms with E-state index in [1.807, 2.05) is 11.8 Å². The van der Waals surface area contributed by atoms with Crippen molar-refractivity contribution in [1.82, 2.24) is 10.2 Å². The zero-order valence-corrected chi connectivity index (χ0v) is 11.3. The average molecular weight is 230 g/mol. The molecule has 1 unspecified atom stereocenters. The molecule has 0 aliphatic carbocycles. The SMILES string of the molecule is CCN1CCC(C(C)NCCSC)CC1. The Morgan fingerprint density at radius 2 is 2.07 bits per heavy atom. The highest BCUT2D eigenvalue weighted by atomic mass is 32.2. The van der Waals surface area contributed by atoms with E-state index >= 15 is 0 Å². The number of nitrogens with one attached hydrogen (secondary N) is 1. The van der Waals surface area contributed by atoms with Crippen molar-refractivity contribution in [2.75, 3.05) is 38.2 Å². The van der Waals surface area contributed by atoms with Crippen LogP contribution in [0.15, 0.2) is 0 Å². The van der Waals surface area contributed by atoms with E-state index in [-0.39, 0.29) is 0 Å². The molecule has 1 atom stereocenters. The Morgan fingerprint density at radius 3 is 2.60 bits per heavy atom. The second-order valence-electron chi connectivity index (χ2n) is 4.51. The molecule has 0 amide bonds. The van der Waals surface area contributed by atoms with E-state index in [1.165, 1.54) is 38.2 Å². The first-order valence-corrected chi connectivity index (χ1v) is 7.62. The predicted octanol–water partition coefficient (Wildman–Crippen LogP) is 2.06. The van der Waals surface area contributed by atoms with Crippen LogP contribution in [0.25, 0.3) is 0 Å². The third-order valence-electron chi connectivity index (χ3n) is 3.56. The minimum Gasteiger partial charge on any atom is -0.313 e. The molecule has 1 aliphatic heterocycles. The summed E-state index contributed by atoms with van der Waals surface area (Å²) >= 11 is 1.92. The molecule has 0 aromatic carbocycles. The number of likely N-dealkylation sites (tertiary alicyclic amines) is 1. The molecular formula is C12H26N2S. The van der Waals surface area contributed by atoms with Gasteiger partial charge in [-0.3, -0.25) is 0 Å². The Labute approximate surface area is 99.2 Å². The molecule has 0 bridgehead atoms. The molecule has 1 heterocycles. The van der Waals surface area contributed by atoms with Gasteiger partial charge in [0.2, 0.25) is 0 Å². The maximum absolute atomic E-state index is 3.65. The van der Waals surface area contributed by atoms with Crippen molar-refractivity contribution in [3.05, 3.63) is 0 Å². The fraction of sp³-hybridized carbons (Fsp3) is 1.00. The Bertz CT molecular complexity index is 156. The van der Waals surface area contributed by atoms with Crippen LogP contribution in [0.4, 0.5) is 0 Å². The smallest absolute Gasteiger partial charge is 0.00682 e. The van der Waals surface area contributed by atoms with Gasteiger partial charge in [0.1, 0.15) is 0 Å². The number of hydrogen-bond donors (Lipinski definition) is 1. The number of thioether (sulfide) groups is 1. The van der Waals surface area contributed by atoms with Gasteiger partial charge in [-0.25, -0.2) is 0 Å². The van der Waals surface area contributed by atoms with E-state index < -0.39 is 0 Å². The lowest BCUT2D eigenvalue weighted by Crippen LogP contribution is -2.42. The summed E-state index contributed by atoms with van der Waals surface area (Å²) in [6.07, 6.45) is 4.93. The van der Waals surface area contributed by atoms with Gasteiger partial charge in [0, 0.05) is 18.3 Å². The first-order valence-electron chi connectivity index (χ1n) is 6.22. The predicted molar refractivity (Wildman–Crippen MR) is 70.7 cm³/mol. The highest BCUT2D eigenvalue weighted by Crippen LogP contribution is 2.20. The lowest BCUT2D eigenvalue weighted by Gasteiger charge is -2.34. The third kappa shape index (κ3) is 4.75. The van der Waals surface area contributed by atoms with Crippen molar-refractivity contribution in [3.8, 4) is 0 Å².